The van der Waals surface area contributed by atoms with Crippen LogP contribution >= 0.6 is 0 Å². The molecule has 0 rings (SSSR count). The Hall–Kier alpha value is -0.920. The van der Waals surface area contributed by atoms with Crippen molar-refractivity contribution in [3.8, 4) is 0 Å². The molecule has 0 spiro atoms. The van der Waals surface area contributed by atoms with Gasteiger partial charge in [0.2, 0.25) is 5.91 Å². The lowest BCUT2D eigenvalue weighted by Crippen LogP contribution is -2.47. The zero-order valence-corrected chi connectivity index (χ0v) is 32.0. The minimum atomic E-state index is -4.31. The summed E-state index contributed by atoms with van der Waals surface area (Å²) in [6.07, 6.45) is 41.7. The number of allylic oxidation sites excluding steroid dienone is 2. The van der Waals surface area contributed by atoms with E-state index in [1.165, 1.54) is 135 Å². The van der Waals surface area contributed by atoms with E-state index in [0.29, 0.717) is 12.8 Å². The molecule has 0 aromatic rings. The highest BCUT2D eigenvalue weighted by molar-refractivity contribution is 7.85. The van der Waals surface area contributed by atoms with Crippen LogP contribution in [0.2, 0.25) is 0 Å². The maximum absolute atomic E-state index is 12.5. The molecule has 0 aliphatic heterocycles. The summed E-state index contributed by atoms with van der Waals surface area (Å²) in [5.74, 6) is -0.902. The van der Waals surface area contributed by atoms with Gasteiger partial charge in [-0.1, -0.05) is 193 Å². The number of aliphatic hydroxyl groups is 1. The Kier molecular flexibility index (Phi) is 34.2. The van der Waals surface area contributed by atoms with E-state index in [-0.39, 0.29) is 5.91 Å². The van der Waals surface area contributed by atoms with E-state index in [0.717, 1.165) is 57.8 Å². The van der Waals surface area contributed by atoms with Crippen molar-refractivity contribution < 1.29 is 22.9 Å². The number of amides is 1. The number of carbonyl (C=O) groups excluding carboxylic acids is 1. The first kappa shape index (κ1) is 46.1. The smallest absolute Gasteiger partial charge is 0.266 e. The average molecular weight is 686 g/mol. The maximum Gasteiger partial charge on any atom is 0.266 e. The van der Waals surface area contributed by atoms with E-state index in [4.69, 9.17) is 0 Å². The van der Waals surface area contributed by atoms with Crippen LogP contribution in [0.1, 0.15) is 219 Å². The summed E-state index contributed by atoms with van der Waals surface area (Å²) in [5.41, 5.74) is 0. The summed E-state index contributed by atoms with van der Waals surface area (Å²) >= 11 is 0. The number of unbranched alkanes of at least 4 members (excludes halogenated alkanes) is 27. The third-order valence-electron chi connectivity index (χ3n) is 9.47. The van der Waals surface area contributed by atoms with Crippen molar-refractivity contribution in [1.82, 2.24) is 5.32 Å². The van der Waals surface area contributed by atoms with Crippen LogP contribution < -0.4 is 5.32 Å². The van der Waals surface area contributed by atoms with E-state index in [2.05, 4.69) is 31.3 Å². The molecule has 6 nitrogen and oxygen atoms in total. The minimum absolute atomic E-state index is 0.254. The van der Waals surface area contributed by atoms with Gasteiger partial charge in [0.1, 0.15) is 0 Å². The van der Waals surface area contributed by atoms with Crippen LogP contribution in [-0.4, -0.2) is 41.9 Å². The predicted octanol–water partition coefficient (Wildman–Crippen LogP) is 11.8. The second-order valence-electron chi connectivity index (χ2n) is 14.3. The molecule has 0 heterocycles. The number of hydrogen-bond donors (Lipinski definition) is 3. The predicted molar refractivity (Wildman–Crippen MR) is 203 cm³/mol. The summed E-state index contributed by atoms with van der Waals surface area (Å²) in [5, 5.41) is 13.3. The zero-order valence-electron chi connectivity index (χ0n) is 31.2. The fourth-order valence-corrected chi connectivity index (χ4v) is 7.14. The first-order valence-electron chi connectivity index (χ1n) is 20.4. The number of aliphatic hydroxyl groups excluding tert-OH is 1. The van der Waals surface area contributed by atoms with Gasteiger partial charge in [-0.3, -0.25) is 9.35 Å². The maximum atomic E-state index is 12.5. The molecule has 280 valence electrons. The van der Waals surface area contributed by atoms with Gasteiger partial charge < -0.3 is 10.4 Å². The Labute approximate surface area is 292 Å². The second-order valence-corrected chi connectivity index (χ2v) is 15.8. The molecule has 2 atom stereocenters. The van der Waals surface area contributed by atoms with Gasteiger partial charge in [-0.05, 0) is 32.1 Å². The molecule has 1 amide bonds. The Morgan fingerprint density at radius 3 is 1.34 bits per heavy atom. The molecule has 0 aromatic heterocycles. The molecule has 0 radical (unpaired) electrons. The fraction of sp³-hybridized carbons (Fsp3) is 0.925. The first-order chi connectivity index (χ1) is 22.8. The Morgan fingerprint density at radius 1 is 0.553 bits per heavy atom. The van der Waals surface area contributed by atoms with Crippen LogP contribution in [0, 0.1) is 0 Å². The number of hydrogen-bond acceptors (Lipinski definition) is 4. The Morgan fingerprint density at radius 2 is 0.915 bits per heavy atom. The third-order valence-corrected chi connectivity index (χ3v) is 10.3. The molecule has 47 heavy (non-hydrogen) atoms. The average Bonchev–Trinajstić information content (AvgIpc) is 3.03. The van der Waals surface area contributed by atoms with Crippen LogP contribution in [-0.2, 0) is 14.9 Å². The largest absolute Gasteiger partial charge is 0.391 e. The number of carbonyl (C=O) groups is 1. The molecule has 2 unspecified atom stereocenters. The molecule has 0 bridgehead atoms. The van der Waals surface area contributed by atoms with E-state index in [1.54, 1.807) is 0 Å². The highest BCUT2D eigenvalue weighted by Gasteiger charge is 2.26. The molecular weight excluding hydrogens is 607 g/mol. The van der Waals surface area contributed by atoms with Gasteiger partial charge in [0, 0.05) is 6.42 Å². The molecule has 7 heteroatoms. The van der Waals surface area contributed by atoms with Crippen molar-refractivity contribution in [3.05, 3.63) is 12.2 Å². The third kappa shape index (κ3) is 36.2. The van der Waals surface area contributed by atoms with E-state index < -0.39 is 28.0 Å². The minimum Gasteiger partial charge on any atom is -0.391 e. The van der Waals surface area contributed by atoms with Gasteiger partial charge in [0.25, 0.3) is 10.1 Å². The molecule has 0 fully saturated rings. The van der Waals surface area contributed by atoms with Crippen molar-refractivity contribution >= 4 is 16.0 Å². The zero-order chi connectivity index (χ0) is 34.7. The SMILES string of the molecule is CCCC/C=C\CCCCCCCC(=O)NC(CS(=O)(=O)O)C(O)CCCCCCCCCCCCCCCCCCCCCCC. The topological polar surface area (TPSA) is 104 Å². The van der Waals surface area contributed by atoms with E-state index in [1.807, 2.05) is 0 Å². The van der Waals surface area contributed by atoms with Gasteiger partial charge >= 0.3 is 0 Å². The Balaban J connectivity index is 3.78. The van der Waals surface area contributed by atoms with Crippen molar-refractivity contribution in [2.75, 3.05) is 5.75 Å². The molecule has 0 aliphatic rings. The molecule has 0 saturated carbocycles. The highest BCUT2D eigenvalue weighted by Crippen LogP contribution is 2.16. The lowest BCUT2D eigenvalue weighted by molar-refractivity contribution is -0.122. The monoisotopic (exact) mass is 686 g/mol. The normalized spacial score (nSPS) is 13.4. The summed E-state index contributed by atoms with van der Waals surface area (Å²) in [6.45, 7) is 4.48. The highest BCUT2D eigenvalue weighted by atomic mass is 32.2. The van der Waals surface area contributed by atoms with Crippen LogP contribution in [0.3, 0.4) is 0 Å². The standard InChI is InChI=1S/C40H79NO5S/c1-3-5-7-9-11-13-15-16-17-18-19-20-21-22-23-24-26-27-29-31-33-35-39(42)38(37-47(44,45)46)41-40(43)36-34-32-30-28-25-14-12-10-8-6-4-2/h10,12,38-39,42H,3-9,11,13-37H2,1-2H3,(H,41,43)(H,44,45,46)/b12-10-. The first-order valence-corrected chi connectivity index (χ1v) is 22.0. The molecule has 0 aromatic carbocycles. The van der Waals surface area contributed by atoms with Crippen molar-refractivity contribution in [2.24, 2.45) is 0 Å². The van der Waals surface area contributed by atoms with Gasteiger partial charge in [0.15, 0.2) is 0 Å². The van der Waals surface area contributed by atoms with Gasteiger partial charge in [0.05, 0.1) is 17.9 Å². The van der Waals surface area contributed by atoms with E-state index >= 15 is 0 Å². The summed E-state index contributed by atoms with van der Waals surface area (Å²) in [4.78, 5) is 12.5. The number of nitrogens with one attached hydrogen (secondary N) is 1. The fourth-order valence-electron chi connectivity index (χ4n) is 6.38. The van der Waals surface area contributed by atoms with Crippen LogP contribution in [0.15, 0.2) is 12.2 Å². The van der Waals surface area contributed by atoms with Crippen LogP contribution in [0.5, 0.6) is 0 Å². The van der Waals surface area contributed by atoms with Gasteiger partial charge in [-0.2, -0.15) is 8.42 Å². The lowest BCUT2D eigenvalue weighted by Gasteiger charge is -2.23. The molecule has 0 aliphatic carbocycles. The second kappa shape index (κ2) is 34.9. The van der Waals surface area contributed by atoms with Crippen LogP contribution in [0.4, 0.5) is 0 Å². The molecule has 0 saturated heterocycles. The molecule has 3 N–H and O–H groups in total. The van der Waals surface area contributed by atoms with Gasteiger partial charge in [-0.25, -0.2) is 0 Å². The summed E-state index contributed by atoms with van der Waals surface area (Å²) < 4.78 is 32.5. The quantitative estimate of drug-likeness (QED) is 0.0343. The number of rotatable bonds is 37. The van der Waals surface area contributed by atoms with Crippen LogP contribution in [0.25, 0.3) is 0 Å². The Bertz CT molecular complexity index is 800. The van der Waals surface area contributed by atoms with Crippen molar-refractivity contribution in [2.45, 2.75) is 231 Å². The van der Waals surface area contributed by atoms with Crippen molar-refractivity contribution in [3.63, 3.8) is 0 Å². The van der Waals surface area contributed by atoms with Gasteiger partial charge in [-0.15, -0.1) is 0 Å². The summed E-state index contributed by atoms with van der Waals surface area (Å²) in [7, 11) is -4.31. The molecular formula is C40H79NO5S. The van der Waals surface area contributed by atoms with Crippen molar-refractivity contribution in [1.29, 1.82) is 0 Å². The van der Waals surface area contributed by atoms with E-state index in [9.17, 15) is 22.9 Å². The lowest BCUT2D eigenvalue weighted by atomic mass is 10.0. The summed E-state index contributed by atoms with van der Waals surface area (Å²) in [6, 6.07) is -0.970.